The molecule has 2 aromatic carbocycles. The van der Waals surface area contributed by atoms with E-state index in [1.807, 2.05) is 61.5 Å². The SMILES string of the molecule is Cc1cc(NC(=O)CN(C)C(=O)c2cn(-c3ccccc3)nc2-c2ccccc2C)no1. The number of likely N-dealkylation sites (N-methyl/N-ethyl adjacent to an activating group) is 1. The first-order valence-corrected chi connectivity index (χ1v) is 10.1. The topological polar surface area (TPSA) is 93.3 Å². The van der Waals surface area contributed by atoms with Crippen LogP contribution in [0.2, 0.25) is 0 Å². The van der Waals surface area contributed by atoms with Crippen LogP contribution in [0.15, 0.2) is 71.4 Å². The Morgan fingerprint density at radius 3 is 2.47 bits per heavy atom. The predicted molar refractivity (Wildman–Crippen MR) is 121 cm³/mol. The van der Waals surface area contributed by atoms with Gasteiger partial charge in [-0.1, -0.05) is 47.6 Å². The molecule has 4 aromatic rings. The van der Waals surface area contributed by atoms with Gasteiger partial charge in [0.25, 0.3) is 5.91 Å². The van der Waals surface area contributed by atoms with Gasteiger partial charge in [-0.15, -0.1) is 0 Å². The first-order valence-electron chi connectivity index (χ1n) is 10.1. The molecule has 0 aliphatic heterocycles. The average molecular weight is 429 g/mol. The van der Waals surface area contributed by atoms with Gasteiger partial charge < -0.3 is 14.7 Å². The molecule has 32 heavy (non-hydrogen) atoms. The molecule has 0 bridgehead atoms. The maximum Gasteiger partial charge on any atom is 0.257 e. The lowest BCUT2D eigenvalue weighted by molar-refractivity contribution is -0.116. The number of carbonyl (C=O) groups is 2. The van der Waals surface area contributed by atoms with Crippen molar-refractivity contribution in [1.29, 1.82) is 0 Å². The van der Waals surface area contributed by atoms with Gasteiger partial charge in [0, 0.05) is 24.9 Å². The maximum atomic E-state index is 13.3. The minimum Gasteiger partial charge on any atom is -0.360 e. The number of aryl methyl sites for hydroxylation is 2. The molecule has 2 aromatic heterocycles. The van der Waals surface area contributed by atoms with Crippen LogP contribution in [0.25, 0.3) is 16.9 Å². The molecule has 1 N–H and O–H groups in total. The van der Waals surface area contributed by atoms with E-state index in [2.05, 4.69) is 10.5 Å². The number of benzene rings is 2. The van der Waals surface area contributed by atoms with Crippen molar-refractivity contribution >= 4 is 17.6 Å². The molecule has 0 radical (unpaired) electrons. The summed E-state index contributed by atoms with van der Waals surface area (Å²) in [6.07, 6.45) is 1.70. The minimum absolute atomic E-state index is 0.144. The maximum absolute atomic E-state index is 13.3. The van der Waals surface area contributed by atoms with E-state index in [1.165, 1.54) is 4.90 Å². The number of aromatic nitrogens is 3. The number of rotatable bonds is 6. The van der Waals surface area contributed by atoms with Gasteiger partial charge in [-0.3, -0.25) is 9.59 Å². The molecule has 162 valence electrons. The van der Waals surface area contributed by atoms with Crippen LogP contribution in [0.5, 0.6) is 0 Å². The zero-order chi connectivity index (χ0) is 22.7. The third-order valence-corrected chi connectivity index (χ3v) is 4.99. The monoisotopic (exact) mass is 429 g/mol. The summed E-state index contributed by atoms with van der Waals surface area (Å²) in [5.74, 6) is 0.214. The van der Waals surface area contributed by atoms with E-state index in [0.29, 0.717) is 22.8 Å². The van der Waals surface area contributed by atoms with Gasteiger partial charge in [-0.25, -0.2) is 4.68 Å². The summed E-state index contributed by atoms with van der Waals surface area (Å²) in [4.78, 5) is 27.1. The first-order chi connectivity index (χ1) is 15.4. The molecule has 0 saturated heterocycles. The van der Waals surface area contributed by atoms with Crippen molar-refractivity contribution in [3.8, 4) is 16.9 Å². The number of anilines is 1. The Morgan fingerprint density at radius 1 is 1.06 bits per heavy atom. The molecule has 0 atom stereocenters. The third kappa shape index (κ3) is 4.44. The van der Waals surface area contributed by atoms with Crippen LogP contribution in [0, 0.1) is 13.8 Å². The lowest BCUT2D eigenvalue weighted by Crippen LogP contribution is -2.35. The zero-order valence-corrected chi connectivity index (χ0v) is 18.1. The van der Waals surface area contributed by atoms with Crippen LogP contribution in [-0.4, -0.2) is 45.2 Å². The summed E-state index contributed by atoms with van der Waals surface area (Å²) in [6, 6.07) is 18.9. The summed E-state index contributed by atoms with van der Waals surface area (Å²) < 4.78 is 6.63. The average Bonchev–Trinajstić information content (AvgIpc) is 3.40. The van der Waals surface area contributed by atoms with Gasteiger partial charge in [-0.05, 0) is 31.5 Å². The molecule has 0 aliphatic carbocycles. The van der Waals surface area contributed by atoms with Crippen molar-refractivity contribution in [3.05, 3.63) is 83.7 Å². The van der Waals surface area contributed by atoms with E-state index in [4.69, 9.17) is 9.62 Å². The Kier molecular flexibility index (Phi) is 5.85. The van der Waals surface area contributed by atoms with Crippen LogP contribution in [0.4, 0.5) is 5.82 Å². The summed E-state index contributed by atoms with van der Waals surface area (Å²) in [5, 5.41) is 11.1. The summed E-state index contributed by atoms with van der Waals surface area (Å²) in [7, 11) is 1.58. The molecule has 0 spiro atoms. The molecule has 8 heteroatoms. The third-order valence-electron chi connectivity index (χ3n) is 4.99. The normalized spacial score (nSPS) is 10.7. The predicted octanol–water partition coefficient (Wildman–Crippen LogP) is 3.85. The highest BCUT2D eigenvalue weighted by molar-refractivity contribution is 6.02. The van der Waals surface area contributed by atoms with Gasteiger partial charge >= 0.3 is 0 Å². The summed E-state index contributed by atoms with van der Waals surface area (Å²) in [5.41, 5.74) is 3.68. The summed E-state index contributed by atoms with van der Waals surface area (Å²) in [6.45, 7) is 3.56. The van der Waals surface area contributed by atoms with Gasteiger partial charge in [0.2, 0.25) is 5.91 Å². The Labute approximate surface area is 185 Å². The van der Waals surface area contributed by atoms with Gasteiger partial charge in [0.15, 0.2) is 5.82 Å². The second-order valence-electron chi connectivity index (χ2n) is 7.52. The fourth-order valence-corrected chi connectivity index (χ4v) is 3.38. The van der Waals surface area contributed by atoms with E-state index < -0.39 is 0 Å². The number of hydrogen-bond donors (Lipinski definition) is 1. The Balaban J connectivity index is 1.63. The molecule has 8 nitrogen and oxygen atoms in total. The van der Waals surface area contributed by atoms with Crippen LogP contribution in [0.1, 0.15) is 21.7 Å². The molecule has 0 unspecified atom stereocenters. The van der Waals surface area contributed by atoms with E-state index in [9.17, 15) is 9.59 Å². The largest absolute Gasteiger partial charge is 0.360 e. The van der Waals surface area contributed by atoms with Gasteiger partial charge in [0.1, 0.15) is 11.5 Å². The van der Waals surface area contributed by atoms with E-state index in [1.54, 1.807) is 30.9 Å². The molecule has 0 fully saturated rings. The minimum atomic E-state index is -0.373. The Bertz CT molecular complexity index is 1260. The van der Waals surface area contributed by atoms with Crippen LogP contribution in [0.3, 0.4) is 0 Å². The lowest BCUT2D eigenvalue weighted by atomic mass is 10.0. The quantitative estimate of drug-likeness (QED) is 0.502. The van der Waals surface area contributed by atoms with Gasteiger partial charge in [0.05, 0.1) is 17.8 Å². The number of amides is 2. The Morgan fingerprint density at radius 2 is 1.78 bits per heavy atom. The number of nitrogens with one attached hydrogen (secondary N) is 1. The van der Waals surface area contributed by atoms with E-state index in [0.717, 1.165) is 16.8 Å². The number of carbonyl (C=O) groups excluding carboxylic acids is 2. The number of nitrogens with zero attached hydrogens (tertiary/aromatic N) is 4. The number of para-hydroxylation sites is 1. The highest BCUT2D eigenvalue weighted by atomic mass is 16.5. The highest BCUT2D eigenvalue weighted by Crippen LogP contribution is 2.27. The standard InChI is InChI=1S/C24H23N5O3/c1-16-9-7-8-12-19(16)23-20(14-29(26-23)18-10-5-4-6-11-18)24(31)28(3)15-22(30)25-21-13-17(2)32-27-21/h4-14H,15H2,1-3H3,(H,25,27,30). The second-order valence-corrected chi connectivity index (χ2v) is 7.52. The van der Waals surface area contributed by atoms with Crippen molar-refractivity contribution in [2.45, 2.75) is 13.8 Å². The van der Waals surface area contributed by atoms with E-state index in [-0.39, 0.29) is 18.4 Å². The molecular weight excluding hydrogens is 406 g/mol. The van der Waals surface area contributed by atoms with Crippen molar-refractivity contribution in [2.75, 3.05) is 18.9 Å². The van der Waals surface area contributed by atoms with E-state index >= 15 is 0 Å². The first kappa shape index (κ1) is 21.0. The molecule has 2 amide bonds. The molecular formula is C24H23N5O3. The molecule has 2 heterocycles. The van der Waals surface area contributed by atoms with Crippen molar-refractivity contribution < 1.29 is 14.1 Å². The summed E-state index contributed by atoms with van der Waals surface area (Å²) >= 11 is 0. The van der Waals surface area contributed by atoms with Crippen LogP contribution >= 0.6 is 0 Å². The smallest absolute Gasteiger partial charge is 0.257 e. The second kappa shape index (κ2) is 8.89. The fraction of sp³-hybridized carbons (Fsp3) is 0.167. The van der Waals surface area contributed by atoms with Crippen molar-refractivity contribution in [2.24, 2.45) is 0 Å². The van der Waals surface area contributed by atoms with Crippen LogP contribution in [-0.2, 0) is 4.79 Å². The molecule has 0 aliphatic rings. The van der Waals surface area contributed by atoms with Crippen LogP contribution < -0.4 is 5.32 Å². The fourth-order valence-electron chi connectivity index (χ4n) is 3.38. The highest BCUT2D eigenvalue weighted by Gasteiger charge is 2.24. The molecule has 0 saturated carbocycles. The molecule has 4 rings (SSSR count). The van der Waals surface area contributed by atoms with Crippen molar-refractivity contribution in [3.63, 3.8) is 0 Å². The lowest BCUT2D eigenvalue weighted by Gasteiger charge is -2.16. The number of hydrogen-bond acceptors (Lipinski definition) is 5. The van der Waals surface area contributed by atoms with Crippen molar-refractivity contribution in [1.82, 2.24) is 19.8 Å². The van der Waals surface area contributed by atoms with Gasteiger partial charge in [-0.2, -0.15) is 5.10 Å². The Hall–Kier alpha value is -4.20. The zero-order valence-electron chi connectivity index (χ0n) is 18.1.